The fraction of sp³-hybridized carbons (Fsp3) is 0.571. The molecule has 0 spiro atoms. The summed E-state index contributed by atoms with van der Waals surface area (Å²) in [5.41, 5.74) is 0. The molecular weight excluding hydrogens is 346 g/mol. The standard InChI is InChI=1S/C14H20ClNO4S2/c1-3-10(2)16-13-8-21(17,18)9-14(13)22(19,20)12-6-4-11(15)5-7-12/h4-7,10,13-14,16H,3,8-9H2,1-2H3/t10?,13-,14-/m1/s1. The van der Waals surface area contributed by atoms with Crippen LogP contribution in [0.1, 0.15) is 20.3 Å². The van der Waals surface area contributed by atoms with Crippen molar-refractivity contribution in [3.63, 3.8) is 0 Å². The Bertz CT molecular complexity index is 729. The molecule has 0 radical (unpaired) electrons. The summed E-state index contributed by atoms with van der Waals surface area (Å²) in [4.78, 5) is 0.106. The number of rotatable bonds is 5. The highest BCUT2D eigenvalue weighted by atomic mass is 35.5. The Hall–Kier alpha value is -0.630. The van der Waals surface area contributed by atoms with E-state index in [9.17, 15) is 16.8 Å². The SMILES string of the molecule is CCC(C)N[C@@H]1CS(=O)(=O)C[C@H]1S(=O)(=O)c1ccc(Cl)cc1. The van der Waals surface area contributed by atoms with Crippen LogP contribution in [0.5, 0.6) is 0 Å². The maximum Gasteiger partial charge on any atom is 0.183 e. The summed E-state index contributed by atoms with van der Waals surface area (Å²) >= 11 is 5.78. The summed E-state index contributed by atoms with van der Waals surface area (Å²) in [5.74, 6) is -0.485. The first-order chi connectivity index (χ1) is 10.2. The molecule has 1 aromatic carbocycles. The minimum absolute atomic E-state index is 0.0567. The van der Waals surface area contributed by atoms with Crippen LogP contribution >= 0.6 is 11.6 Å². The second-order valence-electron chi connectivity index (χ2n) is 5.70. The first-order valence-electron chi connectivity index (χ1n) is 7.11. The van der Waals surface area contributed by atoms with Crippen LogP contribution in [0, 0.1) is 0 Å². The van der Waals surface area contributed by atoms with Crippen molar-refractivity contribution in [1.29, 1.82) is 0 Å². The highest BCUT2D eigenvalue weighted by Crippen LogP contribution is 2.27. The normalized spacial score (nSPS) is 26.0. The Morgan fingerprint density at radius 3 is 2.41 bits per heavy atom. The van der Waals surface area contributed by atoms with Crippen molar-refractivity contribution < 1.29 is 16.8 Å². The molecule has 2 rings (SSSR count). The Morgan fingerprint density at radius 2 is 1.86 bits per heavy atom. The first-order valence-corrected chi connectivity index (χ1v) is 10.9. The van der Waals surface area contributed by atoms with Gasteiger partial charge in [0.1, 0.15) is 0 Å². The maximum absolute atomic E-state index is 12.8. The van der Waals surface area contributed by atoms with Crippen LogP contribution in [0.15, 0.2) is 29.2 Å². The Balaban J connectivity index is 2.36. The van der Waals surface area contributed by atoms with E-state index in [4.69, 9.17) is 11.6 Å². The van der Waals surface area contributed by atoms with Crippen molar-refractivity contribution in [1.82, 2.24) is 5.32 Å². The Morgan fingerprint density at radius 1 is 1.27 bits per heavy atom. The molecule has 0 saturated carbocycles. The van der Waals surface area contributed by atoms with Crippen molar-refractivity contribution in [2.24, 2.45) is 0 Å². The molecule has 5 nitrogen and oxygen atoms in total. The Labute approximate surface area is 136 Å². The van der Waals surface area contributed by atoms with Gasteiger partial charge >= 0.3 is 0 Å². The molecule has 3 atom stereocenters. The second-order valence-corrected chi connectivity index (χ2v) is 10.5. The van der Waals surface area contributed by atoms with Gasteiger partial charge in [0.2, 0.25) is 0 Å². The molecule has 1 fully saturated rings. The Kier molecular flexibility index (Phi) is 5.21. The van der Waals surface area contributed by atoms with E-state index in [1.165, 1.54) is 24.3 Å². The lowest BCUT2D eigenvalue weighted by Gasteiger charge is -2.23. The molecule has 0 aliphatic carbocycles. The van der Waals surface area contributed by atoms with Gasteiger partial charge in [-0.25, -0.2) is 16.8 Å². The van der Waals surface area contributed by atoms with Gasteiger partial charge in [-0.1, -0.05) is 18.5 Å². The third-order valence-electron chi connectivity index (χ3n) is 3.95. The van der Waals surface area contributed by atoms with E-state index in [0.717, 1.165) is 6.42 Å². The van der Waals surface area contributed by atoms with Crippen molar-refractivity contribution in [3.05, 3.63) is 29.3 Å². The van der Waals surface area contributed by atoms with E-state index >= 15 is 0 Å². The van der Waals surface area contributed by atoms with Gasteiger partial charge in [0.05, 0.1) is 21.7 Å². The van der Waals surface area contributed by atoms with E-state index < -0.39 is 31.0 Å². The summed E-state index contributed by atoms with van der Waals surface area (Å²) < 4.78 is 49.4. The zero-order valence-corrected chi connectivity index (χ0v) is 14.9. The molecule has 0 amide bonds. The van der Waals surface area contributed by atoms with E-state index in [1.54, 1.807) is 0 Å². The average molecular weight is 366 g/mol. The summed E-state index contributed by atoms with van der Waals surface area (Å²) in [5, 5.41) is 2.61. The van der Waals surface area contributed by atoms with Crippen molar-refractivity contribution in [3.8, 4) is 0 Å². The van der Waals surface area contributed by atoms with E-state index in [0.29, 0.717) is 5.02 Å². The largest absolute Gasteiger partial charge is 0.309 e. The van der Waals surface area contributed by atoms with E-state index in [2.05, 4.69) is 5.32 Å². The van der Waals surface area contributed by atoms with Crippen LogP contribution in [-0.2, 0) is 19.7 Å². The maximum atomic E-state index is 12.8. The van der Waals surface area contributed by atoms with Crippen LogP contribution < -0.4 is 5.32 Å². The molecule has 1 unspecified atom stereocenters. The molecule has 0 aromatic heterocycles. The quantitative estimate of drug-likeness (QED) is 0.858. The average Bonchev–Trinajstić information content (AvgIpc) is 2.74. The number of hydrogen-bond acceptors (Lipinski definition) is 5. The fourth-order valence-corrected chi connectivity index (χ4v) is 7.36. The lowest BCUT2D eigenvalue weighted by Crippen LogP contribution is -2.46. The molecule has 1 aromatic rings. The highest BCUT2D eigenvalue weighted by Gasteiger charge is 2.45. The van der Waals surface area contributed by atoms with Gasteiger partial charge in [0.25, 0.3) is 0 Å². The minimum Gasteiger partial charge on any atom is -0.309 e. The van der Waals surface area contributed by atoms with Crippen LogP contribution in [-0.4, -0.2) is 45.7 Å². The van der Waals surface area contributed by atoms with Gasteiger partial charge in [-0.15, -0.1) is 0 Å². The molecule has 22 heavy (non-hydrogen) atoms. The summed E-state index contributed by atoms with van der Waals surface area (Å²) in [7, 11) is -7.10. The molecule has 1 aliphatic rings. The van der Waals surface area contributed by atoms with Crippen LogP contribution in [0.4, 0.5) is 0 Å². The van der Waals surface area contributed by atoms with Crippen LogP contribution in [0.2, 0.25) is 5.02 Å². The number of nitrogens with one attached hydrogen (secondary N) is 1. The van der Waals surface area contributed by atoms with Crippen molar-refractivity contribution in [2.45, 2.75) is 42.5 Å². The summed E-state index contributed by atoms with van der Waals surface area (Å²) in [6.07, 6.45) is 0.796. The van der Waals surface area contributed by atoms with E-state index in [1.807, 2.05) is 13.8 Å². The fourth-order valence-electron chi connectivity index (χ4n) is 2.56. The van der Waals surface area contributed by atoms with E-state index in [-0.39, 0.29) is 22.4 Å². The number of hydrogen-bond donors (Lipinski definition) is 1. The zero-order valence-electron chi connectivity index (χ0n) is 12.5. The minimum atomic E-state index is -3.73. The molecule has 1 N–H and O–H groups in total. The van der Waals surface area contributed by atoms with Gasteiger partial charge in [-0.3, -0.25) is 0 Å². The molecular formula is C14H20ClNO4S2. The van der Waals surface area contributed by atoms with Crippen LogP contribution in [0.3, 0.4) is 0 Å². The molecule has 0 bridgehead atoms. The second kappa shape index (κ2) is 6.47. The lowest BCUT2D eigenvalue weighted by atomic mass is 10.2. The predicted octanol–water partition coefficient (Wildman–Crippen LogP) is 1.67. The number of halogens is 1. The van der Waals surface area contributed by atoms with Crippen molar-refractivity contribution in [2.75, 3.05) is 11.5 Å². The van der Waals surface area contributed by atoms with Gasteiger partial charge in [0.15, 0.2) is 19.7 Å². The monoisotopic (exact) mass is 365 g/mol. The smallest absolute Gasteiger partial charge is 0.183 e. The topological polar surface area (TPSA) is 80.3 Å². The number of sulfone groups is 2. The third kappa shape index (κ3) is 3.82. The molecule has 124 valence electrons. The summed E-state index contributed by atoms with van der Waals surface area (Å²) in [6, 6.07) is 5.30. The van der Waals surface area contributed by atoms with Crippen LogP contribution in [0.25, 0.3) is 0 Å². The first kappa shape index (κ1) is 17.7. The summed E-state index contributed by atoms with van der Waals surface area (Å²) in [6.45, 7) is 3.88. The van der Waals surface area contributed by atoms with Gasteiger partial charge in [0, 0.05) is 17.1 Å². The van der Waals surface area contributed by atoms with Gasteiger partial charge in [-0.05, 0) is 37.6 Å². The molecule has 1 saturated heterocycles. The van der Waals surface area contributed by atoms with Crippen molar-refractivity contribution >= 4 is 31.3 Å². The third-order valence-corrected chi connectivity index (χ3v) is 8.37. The van der Waals surface area contributed by atoms with Gasteiger partial charge < -0.3 is 5.32 Å². The highest BCUT2D eigenvalue weighted by molar-refractivity contribution is 7.96. The molecule has 1 aliphatic heterocycles. The van der Waals surface area contributed by atoms with Gasteiger partial charge in [-0.2, -0.15) is 0 Å². The molecule has 8 heteroatoms. The number of benzene rings is 1. The predicted molar refractivity (Wildman–Crippen MR) is 87.8 cm³/mol. The zero-order chi connectivity index (χ0) is 16.5. The molecule has 1 heterocycles. The lowest BCUT2D eigenvalue weighted by molar-refractivity contribution is 0.456.